The lowest BCUT2D eigenvalue weighted by atomic mass is 9.93. The van der Waals surface area contributed by atoms with Crippen LogP contribution >= 0.6 is 0 Å². The van der Waals surface area contributed by atoms with Crippen LogP contribution in [0.4, 0.5) is 17.8 Å². The highest BCUT2D eigenvalue weighted by molar-refractivity contribution is 5.80. The number of hydrogen-bond donors (Lipinski definition) is 3. The summed E-state index contributed by atoms with van der Waals surface area (Å²) in [5, 5.41) is 5.87. The first kappa shape index (κ1) is 14.9. The molecule has 8 nitrogen and oxygen atoms in total. The second-order valence-corrected chi connectivity index (χ2v) is 5.03. The van der Waals surface area contributed by atoms with Crippen LogP contribution in [0.2, 0.25) is 0 Å². The largest absolute Gasteiger partial charge is 0.369 e. The van der Waals surface area contributed by atoms with Gasteiger partial charge in [-0.15, -0.1) is 0 Å². The second kappa shape index (κ2) is 5.68. The van der Waals surface area contributed by atoms with Crippen LogP contribution in [0.25, 0.3) is 0 Å². The molecule has 1 amide bonds. The van der Waals surface area contributed by atoms with Gasteiger partial charge in [-0.2, -0.15) is 15.0 Å². The Morgan fingerprint density at radius 2 is 1.84 bits per heavy atom. The van der Waals surface area contributed by atoms with Crippen molar-refractivity contribution in [2.45, 2.75) is 13.8 Å². The van der Waals surface area contributed by atoms with Crippen LogP contribution in [0.1, 0.15) is 13.8 Å². The van der Waals surface area contributed by atoms with Crippen LogP contribution in [0.15, 0.2) is 0 Å². The summed E-state index contributed by atoms with van der Waals surface area (Å²) in [6.07, 6.45) is 0. The molecule has 19 heavy (non-hydrogen) atoms. The van der Waals surface area contributed by atoms with Gasteiger partial charge in [-0.05, 0) is 13.8 Å². The Kier molecular flexibility index (Phi) is 4.47. The number of nitrogens with zero attached hydrogens (tertiary/aromatic N) is 4. The SMILES string of the molecule is CNc1nc(NCC(C)(C)C(N)=O)nc(N(C)C)n1. The fourth-order valence-corrected chi connectivity index (χ4v) is 1.14. The van der Waals surface area contributed by atoms with Crippen molar-refractivity contribution in [1.29, 1.82) is 0 Å². The van der Waals surface area contributed by atoms with Crippen molar-refractivity contribution in [3.05, 3.63) is 0 Å². The van der Waals surface area contributed by atoms with E-state index in [9.17, 15) is 4.79 Å². The van der Waals surface area contributed by atoms with Crippen LogP contribution < -0.4 is 21.3 Å². The highest BCUT2D eigenvalue weighted by Gasteiger charge is 2.25. The number of primary amides is 1. The molecule has 0 spiro atoms. The molecule has 1 aromatic heterocycles. The molecule has 106 valence electrons. The number of nitrogens with two attached hydrogens (primary N) is 1. The van der Waals surface area contributed by atoms with Crippen molar-refractivity contribution in [3.63, 3.8) is 0 Å². The van der Waals surface area contributed by atoms with Crippen molar-refractivity contribution in [3.8, 4) is 0 Å². The minimum Gasteiger partial charge on any atom is -0.369 e. The fraction of sp³-hybridized carbons (Fsp3) is 0.636. The molecule has 0 bridgehead atoms. The summed E-state index contributed by atoms with van der Waals surface area (Å²) >= 11 is 0. The summed E-state index contributed by atoms with van der Waals surface area (Å²) in [6, 6.07) is 0. The van der Waals surface area contributed by atoms with E-state index in [2.05, 4.69) is 25.6 Å². The number of nitrogens with one attached hydrogen (secondary N) is 2. The van der Waals surface area contributed by atoms with Gasteiger partial charge in [0.2, 0.25) is 23.8 Å². The van der Waals surface area contributed by atoms with Crippen molar-refractivity contribution in [1.82, 2.24) is 15.0 Å². The molecular weight excluding hydrogens is 246 g/mol. The highest BCUT2D eigenvalue weighted by atomic mass is 16.1. The van der Waals surface area contributed by atoms with Crippen LogP contribution in [0.5, 0.6) is 0 Å². The summed E-state index contributed by atoms with van der Waals surface area (Å²) in [4.78, 5) is 25.6. The number of anilines is 3. The molecule has 0 aliphatic carbocycles. The third-order valence-electron chi connectivity index (χ3n) is 2.60. The van der Waals surface area contributed by atoms with Gasteiger partial charge in [0.25, 0.3) is 0 Å². The molecule has 0 radical (unpaired) electrons. The molecule has 0 atom stereocenters. The lowest BCUT2D eigenvalue weighted by molar-refractivity contribution is -0.125. The highest BCUT2D eigenvalue weighted by Crippen LogP contribution is 2.16. The zero-order chi connectivity index (χ0) is 14.6. The van der Waals surface area contributed by atoms with E-state index in [-0.39, 0.29) is 5.91 Å². The first-order chi connectivity index (χ1) is 8.76. The van der Waals surface area contributed by atoms with Gasteiger partial charge in [0.15, 0.2) is 0 Å². The molecule has 8 heteroatoms. The van der Waals surface area contributed by atoms with Crippen molar-refractivity contribution < 1.29 is 4.79 Å². The van der Waals surface area contributed by atoms with Crippen molar-refractivity contribution in [2.75, 3.05) is 43.2 Å². The zero-order valence-corrected chi connectivity index (χ0v) is 12.0. The van der Waals surface area contributed by atoms with Gasteiger partial charge < -0.3 is 21.3 Å². The molecular formula is C11H21N7O. The molecule has 0 aliphatic rings. The maximum atomic E-state index is 11.2. The minimum absolute atomic E-state index is 0.350. The van der Waals surface area contributed by atoms with Crippen LogP contribution in [-0.2, 0) is 4.79 Å². The normalized spacial score (nSPS) is 11.0. The first-order valence-electron chi connectivity index (χ1n) is 5.91. The van der Waals surface area contributed by atoms with E-state index in [1.54, 1.807) is 25.8 Å². The molecule has 0 unspecified atom stereocenters. The van der Waals surface area contributed by atoms with E-state index in [1.807, 2.05) is 14.1 Å². The molecule has 1 aromatic rings. The van der Waals surface area contributed by atoms with Crippen LogP contribution in [0, 0.1) is 5.41 Å². The summed E-state index contributed by atoms with van der Waals surface area (Å²) in [7, 11) is 5.41. The zero-order valence-electron chi connectivity index (χ0n) is 12.0. The van der Waals surface area contributed by atoms with E-state index in [0.717, 1.165) is 0 Å². The molecule has 0 saturated heterocycles. The smallest absolute Gasteiger partial charge is 0.231 e. The van der Waals surface area contributed by atoms with Gasteiger partial charge in [-0.3, -0.25) is 4.79 Å². The molecule has 1 heterocycles. The molecule has 1 rings (SSSR count). The maximum absolute atomic E-state index is 11.2. The van der Waals surface area contributed by atoms with E-state index in [0.29, 0.717) is 24.4 Å². The van der Waals surface area contributed by atoms with Gasteiger partial charge in [-0.25, -0.2) is 0 Å². The Bertz CT molecular complexity index is 458. The maximum Gasteiger partial charge on any atom is 0.231 e. The monoisotopic (exact) mass is 267 g/mol. The Morgan fingerprint density at radius 1 is 1.26 bits per heavy atom. The average molecular weight is 267 g/mol. The van der Waals surface area contributed by atoms with Crippen LogP contribution in [0.3, 0.4) is 0 Å². The van der Waals surface area contributed by atoms with Crippen molar-refractivity contribution >= 4 is 23.8 Å². The second-order valence-electron chi connectivity index (χ2n) is 5.03. The third kappa shape index (κ3) is 3.94. The molecule has 0 saturated carbocycles. The van der Waals surface area contributed by atoms with Gasteiger partial charge in [0.1, 0.15) is 0 Å². The molecule has 0 aromatic carbocycles. The van der Waals surface area contributed by atoms with Gasteiger partial charge in [0.05, 0.1) is 5.41 Å². The van der Waals surface area contributed by atoms with Gasteiger partial charge in [-0.1, -0.05) is 0 Å². The quantitative estimate of drug-likeness (QED) is 0.660. The predicted molar refractivity (Wildman–Crippen MR) is 75.2 cm³/mol. The fourth-order valence-electron chi connectivity index (χ4n) is 1.14. The number of aromatic nitrogens is 3. The summed E-state index contributed by atoms with van der Waals surface area (Å²) < 4.78 is 0. The van der Waals surface area contributed by atoms with Crippen LogP contribution in [-0.4, -0.2) is 48.5 Å². The number of carbonyl (C=O) groups is 1. The lowest BCUT2D eigenvalue weighted by Crippen LogP contribution is -2.37. The molecule has 0 fully saturated rings. The number of hydrogen-bond acceptors (Lipinski definition) is 7. The van der Waals surface area contributed by atoms with Gasteiger partial charge >= 0.3 is 0 Å². The van der Waals surface area contributed by atoms with E-state index < -0.39 is 5.41 Å². The minimum atomic E-state index is -0.676. The Balaban J connectivity index is 2.89. The summed E-state index contributed by atoms with van der Waals surface area (Å²) in [5.41, 5.74) is 4.64. The Morgan fingerprint density at radius 3 is 2.32 bits per heavy atom. The third-order valence-corrected chi connectivity index (χ3v) is 2.60. The number of amides is 1. The summed E-state index contributed by atoms with van der Waals surface area (Å²) in [5.74, 6) is 1.00. The Labute approximate surface area is 112 Å². The predicted octanol–water partition coefficient (Wildman–Crippen LogP) is -0.0973. The Hall–Kier alpha value is -2.12. The lowest BCUT2D eigenvalue weighted by Gasteiger charge is -2.21. The first-order valence-corrected chi connectivity index (χ1v) is 5.91. The molecule has 0 aliphatic heterocycles. The van der Waals surface area contributed by atoms with Gasteiger partial charge in [0, 0.05) is 27.7 Å². The standard InChI is InChI=1S/C11H21N7O/c1-11(2,7(12)19)6-14-9-15-8(13-3)16-10(17-9)18(4)5/h6H2,1-5H3,(H2,12,19)(H2,13,14,15,16,17). The molecule has 4 N–H and O–H groups in total. The summed E-state index contributed by atoms with van der Waals surface area (Å²) in [6.45, 7) is 3.87. The van der Waals surface area contributed by atoms with E-state index in [1.165, 1.54) is 0 Å². The van der Waals surface area contributed by atoms with E-state index in [4.69, 9.17) is 5.73 Å². The number of rotatable bonds is 6. The van der Waals surface area contributed by atoms with Crippen molar-refractivity contribution in [2.24, 2.45) is 11.1 Å². The topological polar surface area (TPSA) is 109 Å². The average Bonchev–Trinajstić information content (AvgIpc) is 2.35. The number of carbonyl (C=O) groups excluding carboxylic acids is 1. The van der Waals surface area contributed by atoms with E-state index >= 15 is 0 Å².